The molecule has 4 nitrogen and oxygen atoms in total. The van der Waals surface area contributed by atoms with Crippen LogP contribution in [0.5, 0.6) is 0 Å². The van der Waals surface area contributed by atoms with Crippen LogP contribution in [0.3, 0.4) is 0 Å². The SMILES string of the molecule is CCN(CC)CCC[C@H](C)NC(=S)Nc1ccc(C(C)=O)cc1. The third-order valence-corrected chi connectivity index (χ3v) is 4.15. The topological polar surface area (TPSA) is 44.4 Å². The Bertz CT molecular complexity index is 497. The molecule has 0 aliphatic rings. The molecule has 1 aromatic rings. The van der Waals surface area contributed by atoms with Gasteiger partial charge in [0.1, 0.15) is 0 Å². The number of rotatable bonds is 9. The van der Waals surface area contributed by atoms with Crippen LogP contribution >= 0.6 is 12.2 Å². The number of benzene rings is 1. The first-order chi connectivity index (χ1) is 11.0. The van der Waals surface area contributed by atoms with Crippen LogP contribution in [0.4, 0.5) is 5.69 Å². The highest BCUT2D eigenvalue weighted by molar-refractivity contribution is 7.80. The molecular weight excluding hydrogens is 306 g/mol. The Labute approximate surface area is 145 Å². The summed E-state index contributed by atoms with van der Waals surface area (Å²) in [5, 5.41) is 7.09. The average Bonchev–Trinajstić information content (AvgIpc) is 2.52. The fourth-order valence-corrected chi connectivity index (χ4v) is 2.73. The number of nitrogens with zero attached hydrogens (tertiary/aromatic N) is 1. The molecule has 0 aromatic heterocycles. The van der Waals surface area contributed by atoms with Crippen LogP contribution in [-0.2, 0) is 0 Å². The van der Waals surface area contributed by atoms with E-state index in [4.69, 9.17) is 12.2 Å². The molecule has 0 saturated heterocycles. The van der Waals surface area contributed by atoms with Crippen molar-refractivity contribution in [3.8, 4) is 0 Å². The van der Waals surface area contributed by atoms with Crippen molar-refractivity contribution < 1.29 is 4.79 Å². The minimum Gasteiger partial charge on any atom is -0.360 e. The molecule has 1 rings (SSSR count). The van der Waals surface area contributed by atoms with Crippen molar-refractivity contribution in [3.63, 3.8) is 0 Å². The second kappa shape index (κ2) is 10.3. The summed E-state index contributed by atoms with van der Waals surface area (Å²) >= 11 is 5.34. The molecule has 2 N–H and O–H groups in total. The van der Waals surface area contributed by atoms with Crippen LogP contribution in [-0.4, -0.2) is 41.5 Å². The Balaban J connectivity index is 2.33. The summed E-state index contributed by atoms with van der Waals surface area (Å²) in [4.78, 5) is 13.7. The van der Waals surface area contributed by atoms with Gasteiger partial charge in [0.2, 0.25) is 0 Å². The normalized spacial score (nSPS) is 12.0. The minimum absolute atomic E-state index is 0.0686. The predicted octanol–water partition coefficient (Wildman–Crippen LogP) is 3.69. The lowest BCUT2D eigenvalue weighted by Gasteiger charge is -2.20. The average molecular weight is 336 g/mol. The zero-order valence-corrected chi connectivity index (χ0v) is 15.5. The fraction of sp³-hybridized carbons (Fsp3) is 0.556. The standard InChI is InChI=1S/C18H29N3OS/c1-5-21(6-2)13-7-8-14(3)19-18(23)20-17-11-9-16(10-12-17)15(4)22/h9-12,14H,5-8,13H2,1-4H3,(H2,19,20,23)/t14-/m0/s1. The Morgan fingerprint density at radius 2 is 1.83 bits per heavy atom. The van der Waals surface area contributed by atoms with E-state index in [1.54, 1.807) is 19.1 Å². The van der Waals surface area contributed by atoms with Crippen LogP contribution < -0.4 is 10.6 Å². The Kier molecular flexibility index (Phi) is 8.81. The van der Waals surface area contributed by atoms with Crippen LogP contribution in [0.25, 0.3) is 0 Å². The third kappa shape index (κ3) is 7.57. The lowest BCUT2D eigenvalue weighted by molar-refractivity contribution is 0.101. The summed E-state index contributed by atoms with van der Waals surface area (Å²) in [6.45, 7) is 11.4. The highest BCUT2D eigenvalue weighted by Crippen LogP contribution is 2.10. The van der Waals surface area contributed by atoms with Gasteiger partial charge in [-0.15, -0.1) is 0 Å². The maximum atomic E-state index is 11.3. The van der Waals surface area contributed by atoms with Gasteiger partial charge in [-0.05, 0) is 82.8 Å². The molecule has 1 aromatic carbocycles. The first-order valence-corrected chi connectivity index (χ1v) is 8.78. The van der Waals surface area contributed by atoms with E-state index in [0.717, 1.165) is 38.2 Å². The zero-order valence-electron chi connectivity index (χ0n) is 14.7. The summed E-state index contributed by atoms with van der Waals surface area (Å²) in [5.41, 5.74) is 1.60. The van der Waals surface area contributed by atoms with Crippen LogP contribution in [0.2, 0.25) is 0 Å². The predicted molar refractivity (Wildman–Crippen MR) is 102 cm³/mol. The van der Waals surface area contributed by atoms with Crippen molar-refractivity contribution in [3.05, 3.63) is 29.8 Å². The molecule has 23 heavy (non-hydrogen) atoms. The van der Waals surface area contributed by atoms with Gasteiger partial charge in [-0.25, -0.2) is 0 Å². The Morgan fingerprint density at radius 1 is 1.22 bits per heavy atom. The van der Waals surface area contributed by atoms with Crippen LogP contribution in [0.15, 0.2) is 24.3 Å². The van der Waals surface area contributed by atoms with E-state index in [-0.39, 0.29) is 5.78 Å². The quantitative estimate of drug-likeness (QED) is 0.532. The number of hydrogen-bond donors (Lipinski definition) is 2. The van der Waals surface area contributed by atoms with Crippen molar-refractivity contribution in [1.82, 2.24) is 10.2 Å². The number of nitrogens with one attached hydrogen (secondary N) is 2. The monoisotopic (exact) mass is 335 g/mol. The molecule has 0 spiro atoms. The van der Waals surface area contributed by atoms with E-state index in [1.807, 2.05) is 12.1 Å². The van der Waals surface area contributed by atoms with Crippen molar-refractivity contribution in [1.29, 1.82) is 0 Å². The van der Waals surface area contributed by atoms with Gasteiger partial charge in [0.25, 0.3) is 0 Å². The number of carbonyl (C=O) groups excluding carboxylic acids is 1. The molecule has 0 bridgehead atoms. The molecule has 1 atom stereocenters. The lowest BCUT2D eigenvalue weighted by atomic mass is 10.1. The van der Waals surface area contributed by atoms with E-state index in [2.05, 4.69) is 36.3 Å². The highest BCUT2D eigenvalue weighted by Gasteiger charge is 2.06. The van der Waals surface area contributed by atoms with E-state index in [9.17, 15) is 4.79 Å². The van der Waals surface area contributed by atoms with Gasteiger partial charge < -0.3 is 15.5 Å². The van der Waals surface area contributed by atoms with Crippen LogP contribution in [0, 0.1) is 0 Å². The number of Topliss-reactive ketones (excluding diaryl/α,β-unsaturated/α-hetero) is 1. The molecule has 128 valence electrons. The van der Waals surface area contributed by atoms with Gasteiger partial charge in [0, 0.05) is 17.3 Å². The van der Waals surface area contributed by atoms with E-state index >= 15 is 0 Å². The minimum atomic E-state index is 0.0686. The van der Waals surface area contributed by atoms with E-state index in [0.29, 0.717) is 16.7 Å². The number of thiocarbonyl (C=S) groups is 1. The second-order valence-electron chi connectivity index (χ2n) is 5.80. The van der Waals surface area contributed by atoms with Gasteiger partial charge in [-0.1, -0.05) is 13.8 Å². The molecule has 0 aliphatic heterocycles. The Morgan fingerprint density at radius 3 is 2.35 bits per heavy atom. The summed E-state index contributed by atoms with van der Waals surface area (Å²) in [5.74, 6) is 0.0686. The van der Waals surface area contributed by atoms with Crippen molar-refractivity contribution in [2.24, 2.45) is 0 Å². The fourth-order valence-electron chi connectivity index (χ4n) is 2.41. The number of carbonyl (C=O) groups is 1. The highest BCUT2D eigenvalue weighted by atomic mass is 32.1. The molecular formula is C18H29N3OS. The number of anilines is 1. The van der Waals surface area contributed by atoms with Gasteiger partial charge in [0.05, 0.1) is 0 Å². The zero-order chi connectivity index (χ0) is 17.2. The summed E-state index contributed by atoms with van der Waals surface area (Å²) in [7, 11) is 0. The van der Waals surface area contributed by atoms with Gasteiger partial charge in [-0.2, -0.15) is 0 Å². The summed E-state index contributed by atoms with van der Waals surface area (Å²) < 4.78 is 0. The number of ketones is 1. The summed E-state index contributed by atoms with van der Waals surface area (Å²) in [6.07, 6.45) is 2.24. The van der Waals surface area contributed by atoms with Crippen molar-refractivity contribution >= 4 is 28.8 Å². The lowest BCUT2D eigenvalue weighted by Crippen LogP contribution is -2.36. The molecule has 5 heteroatoms. The van der Waals surface area contributed by atoms with E-state index < -0.39 is 0 Å². The van der Waals surface area contributed by atoms with E-state index in [1.165, 1.54) is 0 Å². The van der Waals surface area contributed by atoms with Crippen molar-refractivity contribution in [2.45, 2.75) is 46.6 Å². The number of hydrogen-bond acceptors (Lipinski definition) is 3. The second-order valence-corrected chi connectivity index (χ2v) is 6.21. The summed E-state index contributed by atoms with van der Waals surface area (Å²) in [6, 6.07) is 7.69. The molecule has 0 radical (unpaired) electrons. The molecule has 0 unspecified atom stereocenters. The Hall–Kier alpha value is -1.46. The molecule has 0 heterocycles. The third-order valence-electron chi connectivity index (χ3n) is 3.93. The van der Waals surface area contributed by atoms with Gasteiger partial charge in [-0.3, -0.25) is 4.79 Å². The maximum absolute atomic E-state index is 11.3. The van der Waals surface area contributed by atoms with Gasteiger partial charge >= 0.3 is 0 Å². The largest absolute Gasteiger partial charge is 0.360 e. The smallest absolute Gasteiger partial charge is 0.170 e. The first-order valence-electron chi connectivity index (χ1n) is 8.37. The molecule has 0 amide bonds. The van der Waals surface area contributed by atoms with Gasteiger partial charge in [0.15, 0.2) is 10.9 Å². The molecule has 0 fully saturated rings. The van der Waals surface area contributed by atoms with Crippen LogP contribution in [0.1, 0.15) is 50.9 Å². The first kappa shape index (κ1) is 19.6. The maximum Gasteiger partial charge on any atom is 0.170 e. The molecule has 0 aliphatic carbocycles. The molecule has 0 saturated carbocycles. The van der Waals surface area contributed by atoms with Crippen molar-refractivity contribution in [2.75, 3.05) is 25.0 Å².